The van der Waals surface area contributed by atoms with Gasteiger partial charge in [-0.2, -0.15) is 5.10 Å². The van der Waals surface area contributed by atoms with Crippen molar-refractivity contribution < 1.29 is 9.53 Å². The van der Waals surface area contributed by atoms with Gasteiger partial charge in [0.1, 0.15) is 5.75 Å². The first kappa shape index (κ1) is 17.5. The van der Waals surface area contributed by atoms with Crippen molar-refractivity contribution in [1.29, 1.82) is 0 Å². The molecule has 1 heterocycles. The Hall–Kier alpha value is -3.34. The molecule has 3 rings (SSSR count). The van der Waals surface area contributed by atoms with Crippen molar-refractivity contribution in [3.8, 4) is 11.4 Å². The van der Waals surface area contributed by atoms with E-state index in [-0.39, 0.29) is 5.91 Å². The van der Waals surface area contributed by atoms with E-state index in [4.69, 9.17) is 4.74 Å². The van der Waals surface area contributed by atoms with Gasteiger partial charge in [0, 0.05) is 11.8 Å². The lowest BCUT2D eigenvalue weighted by Gasteiger charge is -2.11. The lowest BCUT2D eigenvalue weighted by atomic mass is 10.2. The van der Waals surface area contributed by atoms with Crippen LogP contribution in [0.3, 0.4) is 0 Å². The predicted octanol–water partition coefficient (Wildman–Crippen LogP) is 4.15. The maximum atomic E-state index is 12.4. The number of aryl methyl sites for hydroxylation is 2. The molecule has 5 heteroatoms. The minimum atomic E-state index is -0.207. The predicted molar refractivity (Wildman–Crippen MR) is 104 cm³/mol. The van der Waals surface area contributed by atoms with Gasteiger partial charge < -0.3 is 10.1 Å². The van der Waals surface area contributed by atoms with Gasteiger partial charge in [-0.25, -0.2) is 4.68 Å². The topological polar surface area (TPSA) is 56.1 Å². The number of para-hydroxylation sites is 2. The van der Waals surface area contributed by atoms with E-state index < -0.39 is 0 Å². The third kappa shape index (κ3) is 4.00. The van der Waals surface area contributed by atoms with Gasteiger partial charge in [-0.1, -0.05) is 24.3 Å². The van der Waals surface area contributed by atoms with Gasteiger partial charge in [-0.3, -0.25) is 4.79 Å². The largest absolute Gasteiger partial charge is 0.497 e. The van der Waals surface area contributed by atoms with Gasteiger partial charge in [0.25, 0.3) is 0 Å². The summed E-state index contributed by atoms with van der Waals surface area (Å²) in [6.07, 6.45) is 3.26. The molecule has 1 amide bonds. The molecule has 2 aromatic carbocycles. The molecule has 1 N–H and O–H groups in total. The molecule has 3 aromatic rings. The smallest absolute Gasteiger partial charge is 0.248 e. The van der Waals surface area contributed by atoms with E-state index in [1.54, 1.807) is 13.2 Å². The lowest BCUT2D eigenvalue weighted by molar-refractivity contribution is -0.111. The van der Waals surface area contributed by atoms with Crippen LogP contribution in [0, 0.1) is 13.8 Å². The second-order valence-corrected chi connectivity index (χ2v) is 5.96. The number of benzene rings is 2. The summed E-state index contributed by atoms with van der Waals surface area (Å²) < 4.78 is 7.02. The van der Waals surface area contributed by atoms with Gasteiger partial charge in [-0.05, 0) is 55.8 Å². The number of amides is 1. The second kappa shape index (κ2) is 7.70. The van der Waals surface area contributed by atoms with Crippen LogP contribution in [0.4, 0.5) is 5.69 Å². The number of carbonyl (C=O) groups is 1. The van der Waals surface area contributed by atoms with Crippen LogP contribution in [0.2, 0.25) is 0 Å². The average molecular weight is 347 g/mol. The Morgan fingerprint density at radius 2 is 1.92 bits per heavy atom. The van der Waals surface area contributed by atoms with Crippen molar-refractivity contribution >= 4 is 17.7 Å². The Balaban J connectivity index is 1.80. The molecule has 26 heavy (non-hydrogen) atoms. The van der Waals surface area contributed by atoms with Crippen molar-refractivity contribution in [3.05, 3.63) is 77.6 Å². The fourth-order valence-corrected chi connectivity index (χ4v) is 2.73. The van der Waals surface area contributed by atoms with E-state index in [0.717, 1.165) is 28.4 Å². The Morgan fingerprint density at radius 3 is 2.65 bits per heavy atom. The van der Waals surface area contributed by atoms with Gasteiger partial charge in [0.15, 0.2) is 0 Å². The molecule has 0 saturated heterocycles. The van der Waals surface area contributed by atoms with E-state index >= 15 is 0 Å². The Labute approximate surface area is 152 Å². The first-order valence-corrected chi connectivity index (χ1v) is 8.32. The minimum Gasteiger partial charge on any atom is -0.497 e. The highest BCUT2D eigenvalue weighted by atomic mass is 16.5. The van der Waals surface area contributed by atoms with E-state index in [1.807, 2.05) is 73.1 Å². The number of hydrogen-bond donors (Lipinski definition) is 1. The molecule has 0 spiro atoms. The molecule has 132 valence electrons. The molecular weight excluding hydrogens is 326 g/mol. The van der Waals surface area contributed by atoms with Gasteiger partial charge in [-0.15, -0.1) is 0 Å². The third-order valence-corrected chi connectivity index (χ3v) is 3.92. The molecule has 0 aliphatic rings. The highest BCUT2D eigenvalue weighted by Crippen LogP contribution is 2.21. The fourth-order valence-electron chi connectivity index (χ4n) is 2.73. The summed E-state index contributed by atoms with van der Waals surface area (Å²) in [5.41, 5.74) is 4.38. The van der Waals surface area contributed by atoms with Crippen LogP contribution in [-0.2, 0) is 4.79 Å². The summed E-state index contributed by atoms with van der Waals surface area (Å²) in [4.78, 5) is 12.4. The number of rotatable bonds is 5. The number of ether oxygens (including phenoxy) is 1. The van der Waals surface area contributed by atoms with Crippen LogP contribution in [0.15, 0.2) is 60.7 Å². The quantitative estimate of drug-likeness (QED) is 0.706. The number of methoxy groups -OCH3 is 1. The standard InChI is InChI=1S/C21H21N3O2/c1-15-13-16(2)24(23-15)20-10-5-4-9-19(20)22-21(25)12-11-17-7-6-8-18(14-17)26-3/h4-14H,1-3H3,(H,22,25)/b12-11+. The van der Waals surface area contributed by atoms with Crippen LogP contribution in [-0.4, -0.2) is 22.8 Å². The van der Waals surface area contributed by atoms with Gasteiger partial charge in [0.05, 0.1) is 24.2 Å². The number of hydrogen-bond acceptors (Lipinski definition) is 3. The highest BCUT2D eigenvalue weighted by molar-refractivity contribution is 6.03. The maximum Gasteiger partial charge on any atom is 0.248 e. The van der Waals surface area contributed by atoms with Crippen LogP contribution >= 0.6 is 0 Å². The molecule has 1 aromatic heterocycles. The van der Waals surface area contributed by atoms with Crippen LogP contribution < -0.4 is 10.1 Å². The fraction of sp³-hybridized carbons (Fsp3) is 0.143. The van der Waals surface area contributed by atoms with Crippen LogP contribution in [0.5, 0.6) is 5.75 Å². The zero-order chi connectivity index (χ0) is 18.5. The van der Waals surface area contributed by atoms with Crippen molar-refractivity contribution in [2.24, 2.45) is 0 Å². The van der Waals surface area contributed by atoms with Crippen molar-refractivity contribution in [1.82, 2.24) is 9.78 Å². The zero-order valence-corrected chi connectivity index (χ0v) is 15.1. The molecule has 0 aliphatic heterocycles. The van der Waals surface area contributed by atoms with E-state index in [2.05, 4.69) is 10.4 Å². The SMILES string of the molecule is COc1cccc(/C=C/C(=O)Nc2ccccc2-n2nc(C)cc2C)c1. The van der Waals surface area contributed by atoms with E-state index in [1.165, 1.54) is 6.08 Å². The number of carbonyl (C=O) groups excluding carboxylic acids is 1. The summed E-state index contributed by atoms with van der Waals surface area (Å²) in [6, 6.07) is 17.1. The highest BCUT2D eigenvalue weighted by Gasteiger charge is 2.09. The number of nitrogens with one attached hydrogen (secondary N) is 1. The molecular formula is C21H21N3O2. The zero-order valence-electron chi connectivity index (χ0n) is 15.1. The van der Waals surface area contributed by atoms with E-state index in [9.17, 15) is 4.79 Å². The molecule has 0 unspecified atom stereocenters. The number of aromatic nitrogens is 2. The first-order chi connectivity index (χ1) is 12.6. The Kier molecular flexibility index (Phi) is 5.17. The van der Waals surface area contributed by atoms with Crippen molar-refractivity contribution in [3.63, 3.8) is 0 Å². The molecule has 0 atom stereocenters. The van der Waals surface area contributed by atoms with Gasteiger partial charge >= 0.3 is 0 Å². The molecule has 5 nitrogen and oxygen atoms in total. The number of nitrogens with zero attached hydrogens (tertiary/aromatic N) is 2. The van der Waals surface area contributed by atoms with Crippen molar-refractivity contribution in [2.75, 3.05) is 12.4 Å². The maximum absolute atomic E-state index is 12.4. The van der Waals surface area contributed by atoms with Gasteiger partial charge in [0.2, 0.25) is 5.91 Å². The van der Waals surface area contributed by atoms with E-state index in [0.29, 0.717) is 5.69 Å². The third-order valence-electron chi connectivity index (χ3n) is 3.92. The molecule has 0 radical (unpaired) electrons. The first-order valence-electron chi connectivity index (χ1n) is 8.32. The summed E-state index contributed by atoms with van der Waals surface area (Å²) >= 11 is 0. The van der Waals surface area contributed by atoms with Crippen LogP contribution in [0.1, 0.15) is 17.0 Å². The monoisotopic (exact) mass is 347 g/mol. The lowest BCUT2D eigenvalue weighted by Crippen LogP contribution is -2.11. The summed E-state index contributed by atoms with van der Waals surface area (Å²) in [6.45, 7) is 3.93. The normalized spacial score (nSPS) is 10.9. The second-order valence-electron chi connectivity index (χ2n) is 5.96. The molecule has 0 fully saturated rings. The molecule has 0 bridgehead atoms. The number of anilines is 1. The summed E-state index contributed by atoms with van der Waals surface area (Å²) in [7, 11) is 1.62. The molecule has 0 saturated carbocycles. The summed E-state index contributed by atoms with van der Waals surface area (Å²) in [5.74, 6) is 0.546. The average Bonchev–Trinajstić information content (AvgIpc) is 2.98. The molecule has 0 aliphatic carbocycles. The van der Waals surface area contributed by atoms with Crippen LogP contribution in [0.25, 0.3) is 11.8 Å². The Morgan fingerprint density at radius 1 is 1.12 bits per heavy atom. The minimum absolute atomic E-state index is 0.207. The Bertz CT molecular complexity index is 957. The van der Waals surface area contributed by atoms with Crippen molar-refractivity contribution in [2.45, 2.75) is 13.8 Å². The summed E-state index contributed by atoms with van der Waals surface area (Å²) in [5, 5.41) is 7.42.